The molecule has 1 amide bonds. The van der Waals surface area contributed by atoms with Crippen molar-refractivity contribution in [1.82, 2.24) is 5.32 Å². The number of benzene rings is 1. The summed E-state index contributed by atoms with van der Waals surface area (Å²) in [5.74, 6) is 1.02. The van der Waals surface area contributed by atoms with Crippen LogP contribution in [0, 0.1) is 0 Å². The van der Waals surface area contributed by atoms with Gasteiger partial charge in [0.25, 0.3) is 0 Å². The molecule has 1 aromatic carbocycles. The van der Waals surface area contributed by atoms with Gasteiger partial charge in [0.15, 0.2) is 11.5 Å². The zero-order valence-corrected chi connectivity index (χ0v) is 11.9. The van der Waals surface area contributed by atoms with Gasteiger partial charge in [-0.2, -0.15) is 0 Å². The molecule has 0 saturated carbocycles. The van der Waals surface area contributed by atoms with Crippen LogP contribution in [0.25, 0.3) is 0 Å². The molecule has 6 heteroatoms. The number of amides is 1. The first-order chi connectivity index (χ1) is 8.94. The summed E-state index contributed by atoms with van der Waals surface area (Å²) < 4.78 is 10.5. The zero-order valence-electron chi connectivity index (χ0n) is 11.2. The molecular weight excluding hydrogens is 268 g/mol. The van der Waals surface area contributed by atoms with Gasteiger partial charge in [0.1, 0.15) is 0 Å². The Kier molecular flexibility index (Phi) is 3.87. The first-order valence-corrected chi connectivity index (χ1v) is 6.47. The van der Waals surface area contributed by atoms with Gasteiger partial charge < -0.3 is 20.1 Å². The molecule has 0 atom stereocenters. The van der Waals surface area contributed by atoms with Crippen molar-refractivity contribution in [3.63, 3.8) is 0 Å². The van der Waals surface area contributed by atoms with Crippen molar-refractivity contribution in [2.75, 3.05) is 18.7 Å². The number of carbonyl (C=O) groups excluding carboxylic acids is 1. The van der Waals surface area contributed by atoms with Crippen LogP contribution in [-0.2, 0) is 4.79 Å². The highest BCUT2D eigenvalue weighted by atomic mass is 35.5. The van der Waals surface area contributed by atoms with Crippen molar-refractivity contribution < 1.29 is 14.3 Å². The lowest BCUT2D eigenvalue weighted by molar-refractivity contribution is -0.121. The number of nitrogens with one attached hydrogen (secondary N) is 2. The third-order valence-corrected chi connectivity index (χ3v) is 3.21. The van der Waals surface area contributed by atoms with Gasteiger partial charge in [-0.1, -0.05) is 18.5 Å². The van der Waals surface area contributed by atoms with E-state index in [1.54, 1.807) is 12.1 Å². The number of rotatable bonds is 4. The Morgan fingerprint density at radius 1 is 1.37 bits per heavy atom. The summed E-state index contributed by atoms with van der Waals surface area (Å²) in [5, 5.41) is 6.32. The number of hydrogen-bond donors (Lipinski definition) is 2. The fraction of sp³-hybridized carbons (Fsp3) is 0.462. The maximum Gasteiger partial charge on any atom is 0.244 e. The minimum Gasteiger partial charge on any atom is -0.454 e. The Morgan fingerprint density at radius 3 is 2.63 bits per heavy atom. The van der Waals surface area contributed by atoms with Crippen LogP contribution < -0.4 is 20.1 Å². The van der Waals surface area contributed by atoms with Gasteiger partial charge in [-0.25, -0.2) is 0 Å². The highest BCUT2D eigenvalue weighted by Crippen LogP contribution is 2.39. The summed E-state index contributed by atoms with van der Waals surface area (Å²) in [6.45, 7) is 6.45. The summed E-state index contributed by atoms with van der Waals surface area (Å²) in [7, 11) is 0. The SMILES string of the molecule is CCNC(C)(C)C(=O)Nc1cc2c(cc1Cl)OCO2. The molecule has 1 aliphatic rings. The Hall–Kier alpha value is -1.46. The number of fused-ring (bicyclic) bond motifs is 1. The van der Waals surface area contributed by atoms with Crippen molar-refractivity contribution in [3.05, 3.63) is 17.2 Å². The fourth-order valence-electron chi connectivity index (χ4n) is 1.81. The van der Waals surface area contributed by atoms with E-state index in [4.69, 9.17) is 21.1 Å². The van der Waals surface area contributed by atoms with E-state index < -0.39 is 5.54 Å². The third-order valence-electron chi connectivity index (χ3n) is 2.90. The van der Waals surface area contributed by atoms with Crippen LogP contribution in [0.15, 0.2) is 12.1 Å². The summed E-state index contributed by atoms with van der Waals surface area (Å²) in [5.41, 5.74) is -0.157. The molecule has 0 radical (unpaired) electrons. The molecule has 104 valence electrons. The largest absolute Gasteiger partial charge is 0.454 e. The lowest BCUT2D eigenvalue weighted by Gasteiger charge is -2.24. The van der Waals surface area contributed by atoms with E-state index in [0.717, 1.165) is 0 Å². The van der Waals surface area contributed by atoms with Gasteiger partial charge in [-0.3, -0.25) is 4.79 Å². The molecule has 1 aliphatic heterocycles. The van der Waals surface area contributed by atoms with Gasteiger partial charge in [0.05, 0.1) is 16.2 Å². The molecule has 0 bridgehead atoms. The van der Waals surface area contributed by atoms with E-state index in [1.165, 1.54) is 0 Å². The first-order valence-electron chi connectivity index (χ1n) is 6.09. The molecule has 1 heterocycles. The van der Waals surface area contributed by atoms with E-state index in [0.29, 0.717) is 28.8 Å². The smallest absolute Gasteiger partial charge is 0.244 e. The van der Waals surface area contributed by atoms with Crippen LogP contribution in [0.5, 0.6) is 11.5 Å². The molecule has 0 aliphatic carbocycles. The van der Waals surface area contributed by atoms with Gasteiger partial charge >= 0.3 is 0 Å². The van der Waals surface area contributed by atoms with Gasteiger partial charge in [-0.05, 0) is 20.4 Å². The van der Waals surface area contributed by atoms with Crippen LogP contribution >= 0.6 is 11.6 Å². The molecule has 0 fully saturated rings. The predicted molar refractivity (Wildman–Crippen MR) is 74.0 cm³/mol. The van der Waals surface area contributed by atoms with Crippen molar-refractivity contribution >= 4 is 23.2 Å². The van der Waals surface area contributed by atoms with Crippen molar-refractivity contribution in [1.29, 1.82) is 0 Å². The fourth-order valence-corrected chi connectivity index (χ4v) is 2.01. The molecule has 2 N–H and O–H groups in total. The molecule has 0 saturated heterocycles. The van der Waals surface area contributed by atoms with Crippen LogP contribution in [0.2, 0.25) is 5.02 Å². The number of carbonyl (C=O) groups is 1. The van der Waals surface area contributed by atoms with Gasteiger partial charge in [-0.15, -0.1) is 0 Å². The molecule has 1 aromatic rings. The third kappa shape index (κ3) is 2.93. The molecule has 19 heavy (non-hydrogen) atoms. The quantitative estimate of drug-likeness (QED) is 0.891. The van der Waals surface area contributed by atoms with E-state index in [-0.39, 0.29) is 12.7 Å². The lowest BCUT2D eigenvalue weighted by atomic mass is 10.0. The topological polar surface area (TPSA) is 59.6 Å². The number of ether oxygens (including phenoxy) is 2. The van der Waals surface area contributed by atoms with Gasteiger partial charge in [0.2, 0.25) is 12.7 Å². The molecule has 5 nitrogen and oxygen atoms in total. The van der Waals surface area contributed by atoms with E-state index in [1.807, 2.05) is 20.8 Å². The molecule has 0 unspecified atom stereocenters. The average Bonchev–Trinajstić information content (AvgIpc) is 2.76. The van der Waals surface area contributed by atoms with Crippen molar-refractivity contribution in [2.24, 2.45) is 0 Å². The maximum absolute atomic E-state index is 12.2. The second kappa shape index (κ2) is 5.27. The molecular formula is C13H17ClN2O3. The minimum atomic E-state index is -0.672. The summed E-state index contributed by atoms with van der Waals surface area (Å²) >= 11 is 6.11. The normalized spacial score (nSPS) is 13.5. The second-order valence-corrected chi connectivity index (χ2v) is 5.20. The van der Waals surface area contributed by atoms with Gasteiger partial charge in [0, 0.05) is 12.1 Å². The van der Waals surface area contributed by atoms with E-state index in [2.05, 4.69) is 10.6 Å². The van der Waals surface area contributed by atoms with Crippen LogP contribution in [0.4, 0.5) is 5.69 Å². The summed E-state index contributed by atoms with van der Waals surface area (Å²) in [6, 6.07) is 3.31. The molecule has 0 aromatic heterocycles. The number of halogens is 1. The van der Waals surface area contributed by atoms with E-state index >= 15 is 0 Å². The molecule has 0 spiro atoms. The number of hydrogen-bond acceptors (Lipinski definition) is 4. The minimum absolute atomic E-state index is 0.157. The highest BCUT2D eigenvalue weighted by Gasteiger charge is 2.27. The molecule has 2 rings (SSSR count). The van der Waals surface area contributed by atoms with Crippen molar-refractivity contribution in [3.8, 4) is 11.5 Å². The predicted octanol–water partition coefficient (Wildman–Crippen LogP) is 2.40. The van der Waals surface area contributed by atoms with E-state index in [9.17, 15) is 4.79 Å². The van der Waals surface area contributed by atoms with Crippen LogP contribution in [-0.4, -0.2) is 24.8 Å². The number of anilines is 1. The zero-order chi connectivity index (χ0) is 14.0. The second-order valence-electron chi connectivity index (χ2n) is 4.79. The van der Waals surface area contributed by atoms with Crippen molar-refractivity contribution in [2.45, 2.75) is 26.3 Å². The highest BCUT2D eigenvalue weighted by molar-refractivity contribution is 6.34. The standard InChI is InChI=1S/C13H17ClN2O3/c1-4-15-13(2,3)12(17)16-9-6-11-10(5-8(9)14)18-7-19-11/h5-6,15H,4,7H2,1-3H3,(H,16,17). The Morgan fingerprint density at radius 2 is 2.00 bits per heavy atom. The first kappa shape index (κ1) is 14.0. The average molecular weight is 285 g/mol. The van der Waals surface area contributed by atoms with Crippen LogP contribution in [0.1, 0.15) is 20.8 Å². The Balaban J connectivity index is 2.18. The van der Waals surface area contributed by atoms with Crippen LogP contribution in [0.3, 0.4) is 0 Å². The monoisotopic (exact) mass is 284 g/mol. The summed E-state index contributed by atoms with van der Waals surface area (Å²) in [4.78, 5) is 12.2. The lowest BCUT2D eigenvalue weighted by Crippen LogP contribution is -2.49. The Bertz CT molecular complexity index is 503. The Labute approximate surface area is 117 Å². The number of likely N-dealkylation sites (N-methyl/N-ethyl adjacent to an activating group) is 1. The summed E-state index contributed by atoms with van der Waals surface area (Å²) in [6.07, 6.45) is 0. The maximum atomic E-state index is 12.2.